The normalized spacial score (nSPS) is 19.6. The van der Waals surface area contributed by atoms with Crippen molar-refractivity contribution >= 4 is 38.6 Å². The first-order chi connectivity index (χ1) is 32.5. The summed E-state index contributed by atoms with van der Waals surface area (Å²) in [4.78, 5) is 1.18. The summed E-state index contributed by atoms with van der Waals surface area (Å²) in [6.07, 6.45) is -10.7. The third-order valence-electron chi connectivity index (χ3n) is 14.0. The maximum Gasteiger partial charge on any atom is 0.460 e. The van der Waals surface area contributed by atoms with Crippen LogP contribution in [0.5, 0.6) is 0 Å². The van der Waals surface area contributed by atoms with Gasteiger partial charge in [-0.2, -0.15) is 83.6 Å². The Hall–Kier alpha value is -5.43. The monoisotopic (exact) mass is 1030 g/mol. The van der Waals surface area contributed by atoms with Crippen LogP contribution in [0.2, 0.25) is 0 Å². The van der Waals surface area contributed by atoms with Crippen molar-refractivity contribution in [2.24, 2.45) is 0 Å². The lowest BCUT2D eigenvalue weighted by Gasteiger charge is -2.35. The van der Waals surface area contributed by atoms with E-state index in [4.69, 9.17) is 0 Å². The summed E-state index contributed by atoms with van der Waals surface area (Å²) >= 11 is 0. The van der Waals surface area contributed by atoms with Crippen molar-refractivity contribution in [2.45, 2.75) is 125 Å². The molecular weight excluding hydrogens is 983 g/mol. The molecule has 3 aliphatic rings. The van der Waals surface area contributed by atoms with Gasteiger partial charge >= 0.3 is 47.9 Å². The van der Waals surface area contributed by atoms with E-state index in [1.807, 2.05) is 0 Å². The van der Waals surface area contributed by atoms with E-state index in [1.54, 1.807) is 107 Å². The molecule has 0 saturated heterocycles. The second-order valence-corrected chi connectivity index (χ2v) is 19.1. The summed E-state index contributed by atoms with van der Waals surface area (Å²) < 4.78 is 253. The number of anilines is 1. The Morgan fingerprint density at radius 1 is 0.549 bits per heavy atom. The number of allylic oxidation sites excluding steroid dienone is 8. The van der Waals surface area contributed by atoms with Crippen LogP contribution in [0.15, 0.2) is 120 Å². The molecule has 0 spiro atoms. The van der Waals surface area contributed by atoms with Gasteiger partial charge in [-0.3, -0.25) is 0 Å². The third kappa shape index (κ3) is 8.49. The van der Waals surface area contributed by atoms with Gasteiger partial charge in [0.25, 0.3) is 0 Å². The van der Waals surface area contributed by atoms with E-state index >= 15 is 17.6 Å². The summed E-state index contributed by atoms with van der Waals surface area (Å²) in [7, 11) is 0. The molecule has 0 aromatic heterocycles. The Morgan fingerprint density at radius 3 is 1.61 bits per heavy atom. The highest BCUT2D eigenvalue weighted by Gasteiger charge is 2.82. The fourth-order valence-corrected chi connectivity index (χ4v) is 10.0. The lowest BCUT2D eigenvalue weighted by molar-refractivity contribution is -0.454. The highest BCUT2D eigenvalue weighted by atomic mass is 19.4. The van der Waals surface area contributed by atoms with Crippen LogP contribution < -0.4 is 4.90 Å². The van der Waals surface area contributed by atoms with Crippen molar-refractivity contribution in [2.75, 3.05) is 18.0 Å². The van der Waals surface area contributed by atoms with E-state index in [0.29, 0.717) is 68.7 Å². The van der Waals surface area contributed by atoms with Crippen molar-refractivity contribution in [3.63, 3.8) is 0 Å². The van der Waals surface area contributed by atoms with Crippen molar-refractivity contribution in [3.8, 4) is 0 Å². The fourth-order valence-electron chi connectivity index (χ4n) is 10.0. The standard InChI is InChI=1S/C51H45F18N2/c1-29-30(19-23-38-42(2,3)40-34-15-8-6-11-32(34)17-21-36(40)70(38)27-25-44(52,53)46(56,57)48(60,61)50(64,65)66)13-10-14-31(29)20-24-39-43(4,5)41-35-16-9-7-12-33(35)18-22-37(41)71(39)28-26-45(54,55)47(58,59)49(62,63)51(67,68)69/h6-9,11-12,15-24H,10,13-14,25-28H2,1-5H3/q+1. The smallest absolute Gasteiger partial charge is 0.344 e. The van der Waals surface area contributed by atoms with E-state index in [0.717, 1.165) is 0 Å². The molecule has 0 N–H and O–H groups in total. The molecule has 384 valence electrons. The Kier molecular flexibility index (Phi) is 13.1. The summed E-state index contributed by atoms with van der Waals surface area (Å²) in [5.41, 5.74) is 1.55. The first-order valence-electron chi connectivity index (χ1n) is 22.1. The van der Waals surface area contributed by atoms with Gasteiger partial charge < -0.3 is 4.90 Å². The van der Waals surface area contributed by atoms with Crippen molar-refractivity contribution < 1.29 is 83.6 Å². The summed E-state index contributed by atoms with van der Waals surface area (Å²) in [6, 6.07) is 20.0. The molecule has 0 bridgehead atoms. The van der Waals surface area contributed by atoms with Gasteiger partial charge in [-0.15, -0.1) is 0 Å². The van der Waals surface area contributed by atoms with Gasteiger partial charge in [0, 0.05) is 47.5 Å². The molecular formula is C51H45F18N2+. The Balaban J connectivity index is 1.28. The number of hydrogen-bond acceptors (Lipinski definition) is 1. The molecule has 2 heterocycles. The van der Waals surface area contributed by atoms with Gasteiger partial charge in [0.2, 0.25) is 5.69 Å². The van der Waals surface area contributed by atoms with Crippen LogP contribution in [0.3, 0.4) is 0 Å². The van der Waals surface area contributed by atoms with Gasteiger partial charge in [-0.25, -0.2) is 0 Å². The van der Waals surface area contributed by atoms with Crippen molar-refractivity contribution in [3.05, 3.63) is 131 Å². The van der Waals surface area contributed by atoms with Crippen LogP contribution >= 0.6 is 0 Å². The fraction of sp³-hybridized carbons (Fsp3) is 0.431. The average molecular weight is 1030 g/mol. The predicted molar refractivity (Wildman–Crippen MR) is 234 cm³/mol. The Morgan fingerprint density at radius 2 is 1.06 bits per heavy atom. The molecule has 20 heteroatoms. The number of fused-ring (bicyclic) bond motifs is 6. The maximum atomic E-state index is 15.1. The Labute approximate surface area is 395 Å². The summed E-state index contributed by atoms with van der Waals surface area (Å²) in [5, 5.41) is 2.61. The zero-order chi connectivity index (χ0) is 52.9. The quantitative estimate of drug-likeness (QED) is 0.0955. The highest BCUT2D eigenvalue weighted by molar-refractivity contribution is 6.07. The molecule has 0 fully saturated rings. The van der Waals surface area contributed by atoms with E-state index in [-0.39, 0.29) is 22.8 Å². The molecule has 0 unspecified atom stereocenters. The maximum absolute atomic E-state index is 15.1. The molecule has 0 radical (unpaired) electrons. The number of benzene rings is 4. The molecule has 1 aliphatic carbocycles. The van der Waals surface area contributed by atoms with Crippen LogP contribution in [0, 0.1) is 0 Å². The molecule has 2 aliphatic heterocycles. The SMILES string of the molecule is CC1=C(/C=C/C2=[N+](CCC(F)(F)C(F)(F)C(F)(F)C(F)(F)F)c3ccc4ccccc4c3C2(C)C)CCC/C1=C\C=C1\N(CCC(F)(F)C(F)(F)C(F)(F)C(F)(F)F)c2ccc3ccccc3c2C1(C)C. The average Bonchev–Trinajstić information content (AvgIpc) is 3.63. The van der Waals surface area contributed by atoms with Gasteiger partial charge in [0.15, 0.2) is 12.3 Å². The van der Waals surface area contributed by atoms with Crippen LogP contribution in [-0.4, -0.2) is 71.3 Å². The third-order valence-corrected chi connectivity index (χ3v) is 14.0. The predicted octanol–water partition coefficient (Wildman–Crippen LogP) is 16.8. The first-order valence-corrected chi connectivity index (χ1v) is 22.1. The van der Waals surface area contributed by atoms with Crippen molar-refractivity contribution in [1.29, 1.82) is 0 Å². The number of rotatable bonds is 13. The van der Waals surface area contributed by atoms with E-state index in [9.17, 15) is 61.5 Å². The van der Waals surface area contributed by atoms with E-state index in [2.05, 4.69) is 0 Å². The van der Waals surface area contributed by atoms with Gasteiger partial charge in [-0.1, -0.05) is 80.6 Å². The minimum atomic E-state index is -7.07. The van der Waals surface area contributed by atoms with Gasteiger partial charge in [-0.05, 0) is 102 Å². The second-order valence-electron chi connectivity index (χ2n) is 19.1. The highest BCUT2D eigenvalue weighted by Crippen LogP contribution is 2.57. The minimum absolute atomic E-state index is 0.202. The number of hydrogen-bond donors (Lipinski definition) is 0. The van der Waals surface area contributed by atoms with E-state index < -0.39 is 84.6 Å². The van der Waals surface area contributed by atoms with Gasteiger partial charge in [0.1, 0.15) is 0 Å². The zero-order valence-corrected chi connectivity index (χ0v) is 38.4. The summed E-state index contributed by atoms with van der Waals surface area (Å²) in [5.74, 6) is -39.5. The zero-order valence-electron chi connectivity index (χ0n) is 38.4. The first kappa shape index (κ1) is 53.4. The molecule has 71 heavy (non-hydrogen) atoms. The lowest BCUT2D eigenvalue weighted by atomic mass is 9.78. The van der Waals surface area contributed by atoms with Gasteiger partial charge in [0.05, 0.1) is 11.8 Å². The molecule has 4 aromatic rings. The molecule has 0 saturated carbocycles. The second kappa shape index (κ2) is 17.4. The largest absolute Gasteiger partial charge is 0.460 e. The molecule has 7 rings (SSSR count). The van der Waals surface area contributed by atoms with Crippen molar-refractivity contribution in [1.82, 2.24) is 0 Å². The van der Waals surface area contributed by atoms with Crippen LogP contribution in [0.1, 0.15) is 77.8 Å². The van der Waals surface area contributed by atoms with E-state index in [1.165, 1.54) is 33.8 Å². The summed E-state index contributed by atoms with van der Waals surface area (Å²) in [6.45, 7) is 6.23. The van der Waals surface area contributed by atoms with Crippen LogP contribution in [0.4, 0.5) is 90.4 Å². The molecule has 2 nitrogen and oxygen atoms in total. The molecule has 0 atom stereocenters. The van der Waals surface area contributed by atoms with Crippen LogP contribution in [0.25, 0.3) is 21.5 Å². The number of halogens is 18. The number of alkyl halides is 18. The van der Waals surface area contributed by atoms with Crippen LogP contribution in [-0.2, 0) is 10.8 Å². The topological polar surface area (TPSA) is 6.25 Å². The Bertz CT molecular complexity index is 2910. The molecule has 0 amide bonds. The number of nitrogens with zero attached hydrogens (tertiary/aromatic N) is 2. The molecule has 4 aromatic carbocycles. The lowest BCUT2D eigenvalue weighted by Crippen LogP contribution is -2.61. The minimum Gasteiger partial charge on any atom is -0.344 e.